The minimum atomic E-state index is -0.0919. The minimum absolute atomic E-state index is 0.0919. The van der Waals surface area contributed by atoms with Gasteiger partial charge in [0.15, 0.2) is 5.82 Å². The molecular weight excluding hydrogens is 398 g/mol. The molecule has 0 fully saturated rings. The van der Waals surface area contributed by atoms with Crippen molar-refractivity contribution in [2.45, 2.75) is 23.9 Å². The number of rotatable bonds is 7. The van der Waals surface area contributed by atoms with Crippen LogP contribution in [0.3, 0.4) is 0 Å². The zero-order valence-electron chi connectivity index (χ0n) is 14.9. The predicted molar refractivity (Wildman–Crippen MR) is 106 cm³/mol. The summed E-state index contributed by atoms with van der Waals surface area (Å²) in [4.78, 5) is 4.43. The Hall–Kier alpha value is -2.84. The van der Waals surface area contributed by atoms with E-state index in [1.54, 1.807) is 24.3 Å². The average Bonchev–Trinajstić information content (AvgIpc) is 3.38. The molecular formula is C19H16ClN5O2S. The van der Waals surface area contributed by atoms with Crippen LogP contribution in [0.15, 0.2) is 64.2 Å². The molecule has 0 aliphatic rings. The largest absolute Gasteiger partial charge is 0.486 e. The minimum Gasteiger partial charge on any atom is -0.486 e. The fraction of sp³-hybridized carbons (Fsp3) is 0.158. The quantitative estimate of drug-likeness (QED) is 0.429. The number of aromatic amines is 1. The van der Waals surface area contributed by atoms with Crippen LogP contribution in [0.1, 0.15) is 23.9 Å². The van der Waals surface area contributed by atoms with Gasteiger partial charge in [0.25, 0.3) is 0 Å². The van der Waals surface area contributed by atoms with Gasteiger partial charge in [-0.05, 0) is 43.3 Å². The van der Waals surface area contributed by atoms with Crippen LogP contribution in [0.2, 0.25) is 5.02 Å². The molecule has 1 atom stereocenters. The van der Waals surface area contributed by atoms with Gasteiger partial charge in [0.1, 0.15) is 12.4 Å². The van der Waals surface area contributed by atoms with Gasteiger partial charge in [0.2, 0.25) is 16.9 Å². The standard InChI is InChI=1S/C19H16ClN5O2S/c1-12(17-23-24-18(27-17)13-5-3-2-4-6-13)28-19-21-16(22-25-19)11-26-15-9-7-14(20)8-10-15/h2-10,12H,11H2,1H3,(H,21,22,25). The normalized spacial score (nSPS) is 12.1. The van der Waals surface area contributed by atoms with Crippen molar-refractivity contribution in [3.63, 3.8) is 0 Å². The zero-order chi connectivity index (χ0) is 19.3. The fourth-order valence-electron chi connectivity index (χ4n) is 2.38. The molecule has 0 aliphatic carbocycles. The summed E-state index contributed by atoms with van der Waals surface area (Å²) in [6, 6.07) is 16.8. The molecule has 2 aromatic heterocycles. The van der Waals surface area contributed by atoms with Crippen molar-refractivity contribution in [1.82, 2.24) is 25.4 Å². The molecule has 7 nitrogen and oxygen atoms in total. The summed E-state index contributed by atoms with van der Waals surface area (Å²) in [5, 5.41) is 16.5. The maximum atomic E-state index is 5.86. The topological polar surface area (TPSA) is 89.7 Å². The summed E-state index contributed by atoms with van der Waals surface area (Å²) in [6.45, 7) is 2.25. The molecule has 0 saturated heterocycles. The van der Waals surface area contributed by atoms with Crippen molar-refractivity contribution in [3.05, 3.63) is 71.3 Å². The van der Waals surface area contributed by atoms with E-state index in [1.165, 1.54) is 11.8 Å². The number of H-pyrrole nitrogens is 1. The monoisotopic (exact) mass is 413 g/mol. The maximum absolute atomic E-state index is 5.86. The first-order valence-electron chi connectivity index (χ1n) is 8.52. The van der Waals surface area contributed by atoms with E-state index in [1.807, 2.05) is 37.3 Å². The Morgan fingerprint density at radius 3 is 2.68 bits per heavy atom. The van der Waals surface area contributed by atoms with E-state index < -0.39 is 0 Å². The van der Waals surface area contributed by atoms with Crippen LogP contribution in [0.4, 0.5) is 0 Å². The summed E-state index contributed by atoms with van der Waals surface area (Å²) < 4.78 is 11.4. The maximum Gasteiger partial charge on any atom is 0.247 e. The van der Waals surface area contributed by atoms with Crippen molar-refractivity contribution >= 4 is 23.4 Å². The van der Waals surface area contributed by atoms with E-state index in [2.05, 4.69) is 25.4 Å². The second kappa shape index (κ2) is 8.45. The van der Waals surface area contributed by atoms with Gasteiger partial charge in [-0.2, -0.15) is 0 Å². The van der Waals surface area contributed by atoms with Crippen LogP contribution in [-0.4, -0.2) is 25.4 Å². The molecule has 28 heavy (non-hydrogen) atoms. The Morgan fingerprint density at radius 2 is 1.89 bits per heavy atom. The zero-order valence-corrected chi connectivity index (χ0v) is 16.4. The summed E-state index contributed by atoms with van der Waals surface area (Å²) in [7, 11) is 0. The first-order valence-corrected chi connectivity index (χ1v) is 9.78. The Morgan fingerprint density at radius 1 is 1.11 bits per heavy atom. The van der Waals surface area contributed by atoms with Crippen LogP contribution < -0.4 is 4.74 Å². The molecule has 2 heterocycles. The second-order valence-electron chi connectivity index (χ2n) is 5.88. The van der Waals surface area contributed by atoms with Crippen molar-refractivity contribution < 1.29 is 9.15 Å². The Labute approximate surface area is 170 Å². The summed E-state index contributed by atoms with van der Waals surface area (Å²) >= 11 is 7.29. The molecule has 0 amide bonds. The lowest BCUT2D eigenvalue weighted by molar-refractivity contribution is 0.296. The molecule has 0 bridgehead atoms. The molecule has 0 radical (unpaired) electrons. The SMILES string of the molecule is CC(Sc1n[nH]c(COc2ccc(Cl)cc2)n1)c1nnc(-c2ccccc2)o1. The smallest absolute Gasteiger partial charge is 0.247 e. The number of benzene rings is 2. The van der Waals surface area contributed by atoms with Crippen LogP contribution in [0.25, 0.3) is 11.5 Å². The first kappa shape index (κ1) is 18.5. The number of hydrogen-bond donors (Lipinski definition) is 1. The lowest BCUT2D eigenvalue weighted by Gasteiger charge is -2.03. The van der Waals surface area contributed by atoms with Gasteiger partial charge in [-0.3, -0.25) is 5.10 Å². The highest BCUT2D eigenvalue weighted by Gasteiger charge is 2.18. The van der Waals surface area contributed by atoms with Gasteiger partial charge < -0.3 is 9.15 Å². The Bertz CT molecular complexity index is 1040. The number of nitrogens with zero attached hydrogens (tertiary/aromatic N) is 4. The van der Waals surface area contributed by atoms with Gasteiger partial charge in [0, 0.05) is 10.6 Å². The van der Waals surface area contributed by atoms with E-state index in [9.17, 15) is 0 Å². The molecule has 0 aliphatic heterocycles. The third-order valence-corrected chi connectivity index (χ3v) is 4.99. The third kappa shape index (κ3) is 4.52. The van der Waals surface area contributed by atoms with Crippen molar-refractivity contribution in [2.75, 3.05) is 0 Å². The lowest BCUT2D eigenvalue weighted by atomic mass is 10.2. The number of nitrogens with one attached hydrogen (secondary N) is 1. The molecule has 142 valence electrons. The molecule has 4 aromatic rings. The summed E-state index contributed by atoms with van der Waals surface area (Å²) in [5.74, 6) is 2.35. The number of aromatic nitrogens is 5. The molecule has 9 heteroatoms. The van der Waals surface area contributed by atoms with E-state index in [0.717, 1.165) is 5.56 Å². The second-order valence-corrected chi connectivity index (χ2v) is 7.62. The number of hydrogen-bond acceptors (Lipinski definition) is 7. The molecule has 1 unspecified atom stereocenters. The number of halogens is 1. The molecule has 2 aromatic carbocycles. The Kier molecular flexibility index (Phi) is 5.59. The predicted octanol–water partition coefficient (Wildman–Crippen LogP) is 4.94. The average molecular weight is 414 g/mol. The molecule has 0 saturated carbocycles. The van der Waals surface area contributed by atoms with Gasteiger partial charge >= 0.3 is 0 Å². The van der Waals surface area contributed by atoms with Gasteiger partial charge in [-0.25, -0.2) is 4.98 Å². The highest BCUT2D eigenvalue weighted by molar-refractivity contribution is 7.99. The third-order valence-electron chi connectivity index (χ3n) is 3.79. The Balaban J connectivity index is 1.36. The van der Waals surface area contributed by atoms with Gasteiger partial charge in [0.05, 0.1) is 5.25 Å². The fourth-order valence-corrected chi connectivity index (χ4v) is 3.28. The van der Waals surface area contributed by atoms with Crippen LogP contribution in [0, 0.1) is 0 Å². The van der Waals surface area contributed by atoms with E-state index in [4.69, 9.17) is 20.8 Å². The van der Waals surface area contributed by atoms with Gasteiger partial charge in [-0.15, -0.1) is 15.3 Å². The van der Waals surface area contributed by atoms with Gasteiger partial charge in [-0.1, -0.05) is 41.6 Å². The highest BCUT2D eigenvalue weighted by atomic mass is 35.5. The van der Waals surface area contributed by atoms with E-state index in [0.29, 0.717) is 33.5 Å². The summed E-state index contributed by atoms with van der Waals surface area (Å²) in [6.07, 6.45) is 0. The summed E-state index contributed by atoms with van der Waals surface area (Å²) in [5.41, 5.74) is 0.887. The molecule has 1 N–H and O–H groups in total. The van der Waals surface area contributed by atoms with Crippen LogP contribution in [-0.2, 0) is 6.61 Å². The van der Waals surface area contributed by atoms with Crippen LogP contribution in [0.5, 0.6) is 5.75 Å². The van der Waals surface area contributed by atoms with E-state index >= 15 is 0 Å². The number of ether oxygens (including phenoxy) is 1. The van der Waals surface area contributed by atoms with Crippen molar-refractivity contribution in [1.29, 1.82) is 0 Å². The number of thioether (sulfide) groups is 1. The van der Waals surface area contributed by atoms with Crippen molar-refractivity contribution in [2.24, 2.45) is 0 Å². The molecule has 4 rings (SSSR count). The van der Waals surface area contributed by atoms with Crippen LogP contribution >= 0.6 is 23.4 Å². The first-order chi connectivity index (χ1) is 13.7. The lowest BCUT2D eigenvalue weighted by Crippen LogP contribution is -1.97. The highest BCUT2D eigenvalue weighted by Crippen LogP contribution is 2.33. The van der Waals surface area contributed by atoms with E-state index in [-0.39, 0.29) is 11.9 Å². The van der Waals surface area contributed by atoms with Crippen molar-refractivity contribution in [3.8, 4) is 17.2 Å². The molecule has 0 spiro atoms.